The Hall–Kier alpha value is 0.114. The SMILES string of the molecule is C1=CCCCC1.[CH-]=C.[O-2].[O-2].[Ti+4]. The van der Waals surface area contributed by atoms with E-state index in [9.17, 15) is 0 Å². The molecular formula is C8H13O2Ti-. The smallest absolute Gasteiger partial charge is 2.00 e. The second-order valence-corrected chi connectivity index (χ2v) is 1.76. The first-order valence-electron chi connectivity index (χ1n) is 3.06. The van der Waals surface area contributed by atoms with Crippen molar-refractivity contribution in [3.05, 3.63) is 25.3 Å². The summed E-state index contributed by atoms with van der Waals surface area (Å²) in [4.78, 5) is 0. The summed E-state index contributed by atoms with van der Waals surface area (Å²) in [5.41, 5.74) is 0. The molecule has 0 atom stereocenters. The van der Waals surface area contributed by atoms with Crippen molar-refractivity contribution in [2.24, 2.45) is 0 Å². The van der Waals surface area contributed by atoms with E-state index in [2.05, 4.69) is 25.3 Å². The maximum absolute atomic E-state index is 4.25. The van der Waals surface area contributed by atoms with E-state index in [0.29, 0.717) is 0 Å². The number of rotatable bonds is 0. The standard InChI is InChI=1S/C6H10.C2H3.2O.Ti/c1-2-4-6-5-3-1;1-2;;;/h1-2H,3-6H2;1H,2H2;;;/q;-1;2*-2;+4. The molecule has 2 nitrogen and oxygen atoms in total. The van der Waals surface area contributed by atoms with Crippen LogP contribution in [0.3, 0.4) is 0 Å². The zero-order chi connectivity index (χ0) is 6.24. The van der Waals surface area contributed by atoms with Crippen LogP contribution >= 0.6 is 0 Å². The normalized spacial score (nSPS) is 12.0. The minimum atomic E-state index is 0. The Morgan fingerprint density at radius 1 is 0.909 bits per heavy atom. The van der Waals surface area contributed by atoms with Crippen LogP contribution in [-0.2, 0) is 32.7 Å². The summed E-state index contributed by atoms with van der Waals surface area (Å²) in [7, 11) is 0. The van der Waals surface area contributed by atoms with Gasteiger partial charge in [0, 0.05) is 0 Å². The first-order chi connectivity index (χ1) is 4.00. The molecule has 0 saturated heterocycles. The van der Waals surface area contributed by atoms with Crippen LogP contribution in [0, 0.1) is 6.58 Å². The van der Waals surface area contributed by atoms with Crippen molar-refractivity contribution in [1.82, 2.24) is 0 Å². The third kappa shape index (κ3) is 17.8. The maximum Gasteiger partial charge on any atom is 4.00 e. The molecule has 0 aromatic carbocycles. The van der Waals surface area contributed by atoms with Crippen LogP contribution in [0.2, 0.25) is 0 Å². The third-order valence-electron chi connectivity index (χ3n) is 1.16. The van der Waals surface area contributed by atoms with Crippen molar-refractivity contribution in [3.8, 4) is 0 Å². The fraction of sp³-hybridized carbons (Fsp3) is 0.500. The molecule has 11 heavy (non-hydrogen) atoms. The molecule has 0 unspecified atom stereocenters. The van der Waals surface area contributed by atoms with Crippen LogP contribution in [0.25, 0.3) is 0 Å². The number of allylic oxidation sites excluding steroid dienone is 2. The summed E-state index contributed by atoms with van der Waals surface area (Å²) < 4.78 is 0. The van der Waals surface area contributed by atoms with Gasteiger partial charge in [0.05, 0.1) is 0 Å². The van der Waals surface area contributed by atoms with Gasteiger partial charge in [-0.25, -0.2) is 0 Å². The van der Waals surface area contributed by atoms with E-state index in [1.54, 1.807) is 0 Å². The second-order valence-electron chi connectivity index (χ2n) is 1.76. The van der Waals surface area contributed by atoms with Crippen molar-refractivity contribution in [1.29, 1.82) is 0 Å². The van der Waals surface area contributed by atoms with Crippen LogP contribution in [0.5, 0.6) is 0 Å². The Balaban J connectivity index is -0.0000000459. The third-order valence-corrected chi connectivity index (χ3v) is 1.16. The minimum Gasteiger partial charge on any atom is -2.00 e. The predicted octanol–water partition coefficient (Wildman–Crippen LogP) is 2.48. The molecule has 0 bridgehead atoms. The molecule has 0 aromatic heterocycles. The molecule has 1 rings (SSSR count). The number of hydrogen-bond donors (Lipinski definition) is 0. The minimum absolute atomic E-state index is 0. The quantitative estimate of drug-likeness (QED) is 0.319. The Morgan fingerprint density at radius 3 is 1.27 bits per heavy atom. The van der Waals surface area contributed by atoms with Gasteiger partial charge < -0.3 is 17.5 Å². The zero-order valence-electron chi connectivity index (χ0n) is 6.58. The molecule has 0 N–H and O–H groups in total. The van der Waals surface area contributed by atoms with Gasteiger partial charge in [-0.2, -0.15) is 0 Å². The molecule has 1 aliphatic rings. The van der Waals surface area contributed by atoms with Gasteiger partial charge in [0.25, 0.3) is 0 Å². The molecule has 0 aromatic rings. The molecule has 62 valence electrons. The summed E-state index contributed by atoms with van der Waals surface area (Å²) in [6.45, 7) is 7.00. The molecule has 0 fully saturated rings. The van der Waals surface area contributed by atoms with Gasteiger partial charge in [-0.3, -0.25) is 6.58 Å². The van der Waals surface area contributed by atoms with E-state index < -0.39 is 0 Å². The van der Waals surface area contributed by atoms with Crippen LogP contribution < -0.4 is 0 Å². The van der Waals surface area contributed by atoms with Gasteiger partial charge >= 0.3 is 21.7 Å². The Bertz CT molecular complexity index is 66.5. The van der Waals surface area contributed by atoms with Gasteiger partial charge in [0.2, 0.25) is 0 Å². The predicted molar refractivity (Wildman–Crippen MR) is 38.9 cm³/mol. The van der Waals surface area contributed by atoms with Crippen LogP contribution in [0.15, 0.2) is 18.7 Å². The molecule has 0 radical (unpaired) electrons. The summed E-state index contributed by atoms with van der Waals surface area (Å²) >= 11 is 0. The summed E-state index contributed by atoms with van der Waals surface area (Å²) in [6.07, 6.45) is 10.0. The molecule has 0 spiro atoms. The van der Waals surface area contributed by atoms with Crippen molar-refractivity contribution < 1.29 is 32.7 Å². The molecule has 0 aliphatic heterocycles. The summed E-state index contributed by atoms with van der Waals surface area (Å²) in [5.74, 6) is 0. The first kappa shape index (κ1) is 22.5. The van der Waals surface area contributed by atoms with Crippen LogP contribution in [0.1, 0.15) is 25.7 Å². The molecule has 3 heteroatoms. The van der Waals surface area contributed by atoms with Crippen molar-refractivity contribution in [2.45, 2.75) is 25.7 Å². The fourth-order valence-corrected chi connectivity index (χ4v) is 0.760. The van der Waals surface area contributed by atoms with E-state index in [4.69, 9.17) is 0 Å². The topological polar surface area (TPSA) is 57.0 Å². The van der Waals surface area contributed by atoms with Gasteiger partial charge in [0.15, 0.2) is 0 Å². The van der Waals surface area contributed by atoms with Crippen LogP contribution in [0.4, 0.5) is 0 Å². The molecular weight excluding hydrogens is 176 g/mol. The summed E-state index contributed by atoms with van der Waals surface area (Å²) in [6, 6.07) is 0. The average Bonchev–Trinajstić information content (AvgIpc) is 1.96. The van der Waals surface area contributed by atoms with E-state index in [-0.39, 0.29) is 32.7 Å². The second kappa shape index (κ2) is 22.5. The van der Waals surface area contributed by atoms with Crippen molar-refractivity contribution in [2.75, 3.05) is 0 Å². The monoisotopic (exact) mass is 189 g/mol. The van der Waals surface area contributed by atoms with E-state index in [0.717, 1.165) is 0 Å². The van der Waals surface area contributed by atoms with Gasteiger partial charge in [-0.1, -0.05) is 12.2 Å². The van der Waals surface area contributed by atoms with Gasteiger partial charge in [-0.05, 0) is 25.7 Å². The zero-order valence-corrected chi connectivity index (χ0v) is 8.15. The Morgan fingerprint density at radius 2 is 1.18 bits per heavy atom. The van der Waals surface area contributed by atoms with Crippen LogP contribution in [-0.4, -0.2) is 0 Å². The Kier molecular flexibility index (Phi) is 45.9. The molecule has 0 heterocycles. The first-order valence-corrected chi connectivity index (χ1v) is 3.06. The van der Waals surface area contributed by atoms with E-state index in [1.165, 1.54) is 25.7 Å². The summed E-state index contributed by atoms with van der Waals surface area (Å²) in [5, 5.41) is 0. The van der Waals surface area contributed by atoms with Crippen molar-refractivity contribution >= 4 is 0 Å². The molecule has 1 aliphatic carbocycles. The number of hydrogen-bond acceptors (Lipinski definition) is 0. The van der Waals surface area contributed by atoms with Gasteiger partial charge in [0.1, 0.15) is 0 Å². The van der Waals surface area contributed by atoms with E-state index >= 15 is 0 Å². The Labute approximate surface area is 83.9 Å². The fourth-order valence-electron chi connectivity index (χ4n) is 0.760. The van der Waals surface area contributed by atoms with E-state index in [1.807, 2.05) is 0 Å². The molecule has 0 saturated carbocycles. The maximum atomic E-state index is 4.25. The van der Waals surface area contributed by atoms with Gasteiger partial charge in [-0.15, -0.1) is 0 Å². The largest absolute Gasteiger partial charge is 4.00 e. The average molecular weight is 189 g/mol. The van der Waals surface area contributed by atoms with Crippen molar-refractivity contribution in [3.63, 3.8) is 0 Å². The molecule has 0 amide bonds.